The summed E-state index contributed by atoms with van der Waals surface area (Å²) >= 11 is 0. The number of hydrogen-bond donors (Lipinski definition) is 4. The first-order valence-corrected chi connectivity index (χ1v) is 15.3. The molecule has 0 aliphatic carbocycles. The summed E-state index contributed by atoms with van der Waals surface area (Å²) in [5.41, 5.74) is -1.32. The molecule has 14 nitrogen and oxygen atoms in total. The summed E-state index contributed by atoms with van der Waals surface area (Å²) < 4.78 is 40.8. The maximum Gasteiger partial charge on any atom is 0.452 e. The number of Topliss-reactive ketones (excluding diaryl/α,β-unsaturated/α-hetero) is 1. The number of anilines is 1. The molecule has 0 radical (unpaired) electrons. The highest BCUT2D eigenvalue weighted by Crippen LogP contribution is 2.24. The van der Waals surface area contributed by atoms with E-state index < -0.39 is 90.0 Å². The van der Waals surface area contributed by atoms with Crippen LogP contribution >= 0.6 is 0 Å². The Kier molecular flexibility index (Phi) is 12.3. The van der Waals surface area contributed by atoms with Crippen LogP contribution < -0.4 is 27.2 Å². The van der Waals surface area contributed by atoms with Gasteiger partial charge in [0, 0.05) is 25.0 Å². The van der Waals surface area contributed by atoms with Crippen molar-refractivity contribution in [3.05, 3.63) is 62.9 Å². The normalized spacial score (nSPS) is 16.0. The Hall–Kier alpha value is -4.96. The zero-order valence-corrected chi connectivity index (χ0v) is 26.9. The van der Waals surface area contributed by atoms with Crippen LogP contribution in [-0.2, 0) is 43.6 Å². The third-order valence-corrected chi connectivity index (χ3v) is 7.79. The summed E-state index contributed by atoms with van der Waals surface area (Å²) in [5, 5.41) is 16.9. The molecular weight excluding hydrogens is 641 g/mol. The molecule has 262 valence electrons. The lowest BCUT2D eigenvalue weighted by Crippen LogP contribution is -2.58. The van der Waals surface area contributed by atoms with E-state index in [4.69, 9.17) is 0 Å². The maximum atomic E-state index is 13.7. The number of likely N-dealkylation sites (tertiary alicyclic amines) is 1. The molecule has 2 heterocycles. The minimum Gasteiger partial charge on any atom is -0.480 e. The zero-order valence-electron chi connectivity index (χ0n) is 26.9. The Balaban J connectivity index is 1.82. The van der Waals surface area contributed by atoms with E-state index in [1.165, 1.54) is 13.8 Å². The highest BCUT2D eigenvalue weighted by molar-refractivity contribution is 5.96. The van der Waals surface area contributed by atoms with Crippen LogP contribution in [0.25, 0.3) is 0 Å². The SMILES string of the molecule is CC(C)[C@H](NC(=O)Cn1c(=O)c(CNc2ccccc2)cn(CC(=O)O)c1=O)C(=O)N1CCC[C@H]1C(=O)N[C@H](C(=O)C(F)(F)F)C(C)C. The van der Waals surface area contributed by atoms with Gasteiger partial charge >= 0.3 is 17.8 Å². The van der Waals surface area contributed by atoms with Gasteiger partial charge < -0.3 is 26.0 Å². The summed E-state index contributed by atoms with van der Waals surface area (Å²) in [4.78, 5) is 90.8. The van der Waals surface area contributed by atoms with Crippen LogP contribution in [0.3, 0.4) is 0 Å². The van der Waals surface area contributed by atoms with Gasteiger partial charge in [0.15, 0.2) is 0 Å². The van der Waals surface area contributed by atoms with Gasteiger partial charge in [0.25, 0.3) is 11.3 Å². The van der Waals surface area contributed by atoms with Gasteiger partial charge in [-0.1, -0.05) is 45.9 Å². The number of ketones is 1. The summed E-state index contributed by atoms with van der Waals surface area (Å²) in [7, 11) is 0. The molecule has 1 aromatic heterocycles. The largest absolute Gasteiger partial charge is 0.480 e. The number of benzene rings is 1. The van der Waals surface area contributed by atoms with Gasteiger partial charge in [-0.05, 0) is 36.8 Å². The lowest BCUT2D eigenvalue weighted by atomic mass is 9.98. The number of para-hydroxylation sites is 1. The first-order chi connectivity index (χ1) is 22.4. The van der Waals surface area contributed by atoms with Crippen LogP contribution in [-0.4, -0.2) is 79.5 Å². The van der Waals surface area contributed by atoms with Gasteiger partial charge in [0.1, 0.15) is 25.2 Å². The molecule has 3 rings (SSSR count). The van der Waals surface area contributed by atoms with E-state index in [1.807, 2.05) is 0 Å². The number of halogens is 3. The fourth-order valence-corrected chi connectivity index (χ4v) is 5.31. The Morgan fingerprint density at radius 3 is 2.12 bits per heavy atom. The number of carbonyl (C=O) groups is 5. The summed E-state index contributed by atoms with van der Waals surface area (Å²) in [6, 6.07) is 4.37. The van der Waals surface area contributed by atoms with Crippen molar-refractivity contribution in [1.82, 2.24) is 24.7 Å². The third-order valence-electron chi connectivity index (χ3n) is 7.79. The van der Waals surface area contributed by atoms with Crippen LogP contribution in [0, 0.1) is 11.8 Å². The highest BCUT2D eigenvalue weighted by Gasteiger charge is 2.46. The molecule has 4 N–H and O–H groups in total. The second-order valence-corrected chi connectivity index (χ2v) is 12.1. The van der Waals surface area contributed by atoms with Gasteiger partial charge in [-0.3, -0.25) is 37.9 Å². The van der Waals surface area contributed by atoms with E-state index in [2.05, 4.69) is 16.0 Å². The topological polar surface area (TPSA) is 189 Å². The smallest absolute Gasteiger partial charge is 0.452 e. The van der Waals surface area contributed by atoms with Crippen molar-refractivity contribution in [2.24, 2.45) is 11.8 Å². The van der Waals surface area contributed by atoms with E-state index in [9.17, 15) is 51.8 Å². The lowest BCUT2D eigenvalue weighted by molar-refractivity contribution is -0.175. The molecule has 1 fully saturated rings. The molecule has 0 spiro atoms. The molecule has 0 saturated carbocycles. The molecule has 48 heavy (non-hydrogen) atoms. The van der Waals surface area contributed by atoms with Crippen molar-refractivity contribution in [1.29, 1.82) is 0 Å². The van der Waals surface area contributed by atoms with Crippen molar-refractivity contribution >= 4 is 35.2 Å². The molecule has 0 unspecified atom stereocenters. The Labute approximate surface area is 273 Å². The average molecular weight is 681 g/mol. The van der Waals surface area contributed by atoms with Gasteiger partial charge in [-0.15, -0.1) is 0 Å². The first-order valence-electron chi connectivity index (χ1n) is 15.3. The fraction of sp³-hybridized carbons (Fsp3) is 0.516. The van der Waals surface area contributed by atoms with Crippen LogP contribution in [0.15, 0.2) is 46.1 Å². The molecule has 2 aromatic rings. The number of aliphatic carboxylic acids is 1. The standard InChI is InChI=1S/C31H39F3N6O8/c1-17(2)24(26(44)31(32,33)34)37-27(45)21-11-8-12-39(21)29(47)25(18(3)4)36-22(41)15-40-28(46)19(13-35-20-9-6-5-7-10-20)14-38(30(40)48)16-23(42)43/h5-7,9-10,14,17-18,21,24-25,35H,8,11-13,15-16H2,1-4H3,(H,36,41)(H,37,45)(H,42,43)/t21-,24-,25-/m0/s1. The van der Waals surface area contributed by atoms with E-state index in [0.29, 0.717) is 16.7 Å². The van der Waals surface area contributed by atoms with Gasteiger partial charge in [0.2, 0.25) is 17.7 Å². The number of nitrogens with one attached hydrogen (secondary N) is 3. The molecule has 3 amide bonds. The van der Waals surface area contributed by atoms with Crippen LogP contribution in [0.2, 0.25) is 0 Å². The molecule has 1 aliphatic rings. The van der Waals surface area contributed by atoms with Crippen molar-refractivity contribution in [2.75, 3.05) is 11.9 Å². The number of carboxylic acids is 1. The Bertz CT molecular complexity index is 1640. The molecule has 3 atom stereocenters. The van der Waals surface area contributed by atoms with Gasteiger partial charge in [-0.25, -0.2) is 4.79 Å². The number of hydrogen-bond acceptors (Lipinski definition) is 8. The molecule has 1 saturated heterocycles. The molecule has 1 aromatic carbocycles. The minimum atomic E-state index is -5.18. The second kappa shape index (κ2) is 15.8. The minimum absolute atomic E-state index is 0.0152. The predicted molar refractivity (Wildman–Crippen MR) is 166 cm³/mol. The maximum absolute atomic E-state index is 13.7. The van der Waals surface area contributed by atoms with E-state index in [1.54, 1.807) is 44.2 Å². The van der Waals surface area contributed by atoms with Gasteiger partial charge in [0.05, 0.1) is 11.6 Å². The number of aromatic nitrogens is 2. The monoisotopic (exact) mass is 680 g/mol. The average Bonchev–Trinajstić information content (AvgIpc) is 3.50. The molecule has 1 aliphatic heterocycles. The van der Waals surface area contributed by atoms with Crippen molar-refractivity contribution in [3.63, 3.8) is 0 Å². The van der Waals surface area contributed by atoms with Gasteiger partial charge in [-0.2, -0.15) is 13.2 Å². The first kappa shape index (κ1) is 37.5. The van der Waals surface area contributed by atoms with Crippen LogP contribution in [0.5, 0.6) is 0 Å². The molecule has 17 heteroatoms. The van der Waals surface area contributed by atoms with Crippen molar-refractivity contribution in [2.45, 2.75) is 84.5 Å². The number of amides is 3. The van der Waals surface area contributed by atoms with Crippen molar-refractivity contribution in [3.8, 4) is 0 Å². The summed E-state index contributed by atoms with van der Waals surface area (Å²) in [6.45, 7) is 4.14. The Morgan fingerprint density at radius 1 is 0.938 bits per heavy atom. The zero-order chi connectivity index (χ0) is 35.9. The van der Waals surface area contributed by atoms with Crippen LogP contribution in [0.1, 0.15) is 46.1 Å². The Morgan fingerprint density at radius 2 is 1.56 bits per heavy atom. The van der Waals surface area contributed by atoms with E-state index in [0.717, 1.165) is 15.7 Å². The molecule has 0 bridgehead atoms. The quantitative estimate of drug-likeness (QED) is 0.227. The number of carbonyl (C=O) groups excluding carboxylic acids is 4. The number of alkyl halides is 3. The van der Waals surface area contributed by atoms with Crippen molar-refractivity contribution < 1.29 is 42.3 Å². The number of carboxylic acid groups (broad SMARTS) is 1. The highest BCUT2D eigenvalue weighted by atomic mass is 19.4. The second-order valence-electron chi connectivity index (χ2n) is 12.1. The number of rotatable bonds is 14. The fourth-order valence-electron chi connectivity index (χ4n) is 5.31. The predicted octanol–water partition coefficient (Wildman–Crippen LogP) is 1.11. The molecular formula is C31H39F3N6O8. The summed E-state index contributed by atoms with van der Waals surface area (Å²) in [6.07, 6.45) is -3.67. The third kappa shape index (κ3) is 9.32. The van der Waals surface area contributed by atoms with E-state index >= 15 is 0 Å². The van der Waals surface area contributed by atoms with E-state index in [-0.39, 0.29) is 25.1 Å². The van der Waals surface area contributed by atoms with Crippen LogP contribution in [0.4, 0.5) is 18.9 Å². The lowest BCUT2D eigenvalue weighted by Gasteiger charge is -2.32. The summed E-state index contributed by atoms with van der Waals surface area (Å²) in [5.74, 6) is -7.58. The number of nitrogens with zero attached hydrogens (tertiary/aromatic N) is 3.